The molecule has 0 bridgehead atoms. The highest BCUT2D eigenvalue weighted by atomic mass is 16.1. The lowest BCUT2D eigenvalue weighted by Gasteiger charge is -1.99. The fourth-order valence-corrected chi connectivity index (χ4v) is 2.04. The summed E-state index contributed by atoms with van der Waals surface area (Å²) < 4.78 is 0. The molecule has 1 aromatic carbocycles. The molecule has 2 aromatic heterocycles. The quantitative estimate of drug-likeness (QED) is 0.532. The molecule has 3 nitrogen and oxygen atoms in total. The molecule has 0 unspecified atom stereocenters. The first-order valence-electron chi connectivity index (χ1n) is 5.79. The topological polar surface area (TPSA) is 45.8 Å². The molecule has 0 saturated heterocycles. The van der Waals surface area contributed by atoms with Crippen molar-refractivity contribution in [3.63, 3.8) is 0 Å². The van der Waals surface area contributed by atoms with Crippen molar-refractivity contribution < 1.29 is 4.79 Å². The van der Waals surface area contributed by atoms with Crippen LogP contribution in [0.3, 0.4) is 0 Å². The largest absolute Gasteiger partial charge is 0.345 e. The normalized spacial score (nSPS) is 10.7. The highest BCUT2D eigenvalue weighted by Gasteiger charge is 2.14. The third-order valence-electron chi connectivity index (χ3n) is 2.95. The highest BCUT2D eigenvalue weighted by molar-refractivity contribution is 6.33. The van der Waals surface area contributed by atoms with Gasteiger partial charge in [-0.1, -0.05) is 41.9 Å². The number of ketones is 1. The minimum Gasteiger partial charge on any atom is -0.345 e. The van der Waals surface area contributed by atoms with Crippen molar-refractivity contribution in [3.05, 3.63) is 59.9 Å². The minimum atomic E-state index is 0.0225. The number of rotatable bonds is 2. The summed E-state index contributed by atoms with van der Waals surface area (Å²) >= 11 is 0. The second-order valence-corrected chi connectivity index (χ2v) is 4.31. The summed E-state index contributed by atoms with van der Waals surface area (Å²) in [7, 11) is 1.97. The first-order chi connectivity index (χ1) is 8.75. The van der Waals surface area contributed by atoms with E-state index in [4.69, 9.17) is 0 Å². The van der Waals surface area contributed by atoms with Gasteiger partial charge in [-0.25, -0.2) is 4.98 Å². The Morgan fingerprint density at radius 1 is 1.22 bits per heavy atom. The molecule has 3 rings (SSSR count). The van der Waals surface area contributed by atoms with Crippen LogP contribution in [0.4, 0.5) is 0 Å². The number of benzene rings is 1. The van der Waals surface area contributed by atoms with Crippen LogP contribution in [-0.4, -0.2) is 23.6 Å². The van der Waals surface area contributed by atoms with E-state index in [1.165, 1.54) is 0 Å². The monoisotopic (exact) mass is 234 g/mol. The molecule has 1 N–H and O–H groups in total. The summed E-state index contributed by atoms with van der Waals surface area (Å²) in [5.41, 5.74) is 3.16. The first kappa shape index (κ1) is 10.8. The van der Waals surface area contributed by atoms with E-state index in [-0.39, 0.29) is 5.78 Å². The third-order valence-corrected chi connectivity index (χ3v) is 2.95. The van der Waals surface area contributed by atoms with Crippen molar-refractivity contribution in [2.45, 2.75) is 0 Å². The average molecular weight is 234 g/mol. The van der Waals surface area contributed by atoms with Crippen molar-refractivity contribution in [2.75, 3.05) is 0 Å². The molecule has 3 aromatic rings. The van der Waals surface area contributed by atoms with Crippen LogP contribution in [0.1, 0.15) is 15.9 Å². The molecule has 4 heteroatoms. The Bertz CT molecular complexity index is 719. The van der Waals surface area contributed by atoms with Crippen LogP contribution in [0.5, 0.6) is 0 Å². The van der Waals surface area contributed by atoms with Gasteiger partial charge in [0.25, 0.3) is 0 Å². The van der Waals surface area contributed by atoms with Gasteiger partial charge in [0.05, 0.1) is 0 Å². The molecular weight excluding hydrogens is 223 g/mol. The van der Waals surface area contributed by atoms with Crippen LogP contribution in [-0.2, 0) is 0 Å². The molecule has 0 aliphatic rings. The number of nitrogens with one attached hydrogen (secondary N) is 1. The molecule has 0 aliphatic carbocycles. The van der Waals surface area contributed by atoms with Crippen molar-refractivity contribution in [1.29, 1.82) is 0 Å². The Balaban J connectivity index is 2.15. The lowest BCUT2D eigenvalue weighted by atomic mass is 9.96. The number of aromatic amines is 1. The first-order valence-corrected chi connectivity index (χ1v) is 5.79. The fraction of sp³-hybridized carbons (Fsp3) is 0. The number of hydrogen-bond acceptors (Lipinski definition) is 2. The van der Waals surface area contributed by atoms with Gasteiger partial charge in [-0.15, -0.1) is 0 Å². The second-order valence-electron chi connectivity index (χ2n) is 4.31. The van der Waals surface area contributed by atoms with Crippen LogP contribution in [0.2, 0.25) is 0 Å². The molecule has 0 spiro atoms. The van der Waals surface area contributed by atoms with Gasteiger partial charge in [-0.05, 0) is 0 Å². The fourth-order valence-electron chi connectivity index (χ4n) is 2.04. The van der Waals surface area contributed by atoms with Crippen molar-refractivity contribution in [3.8, 4) is 0 Å². The molecule has 0 radical (unpaired) electrons. The zero-order valence-corrected chi connectivity index (χ0v) is 9.97. The number of carbonyl (C=O) groups excluding carboxylic acids is 1. The molecule has 2 heterocycles. The smallest absolute Gasteiger partial charge is 0.195 e. The number of pyridine rings is 1. The van der Waals surface area contributed by atoms with E-state index in [9.17, 15) is 4.79 Å². The summed E-state index contributed by atoms with van der Waals surface area (Å²) in [6, 6.07) is 11.3. The van der Waals surface area contributed by atoms with Gasteiger partial charge in [0.15, 0.2) is 5.78 Å². The standard InChI is InChI=1S/C14H11BN2O/c15-10-6-11-12(8-17-14(11)16-7-10)13(18)9-4-2-1-3-5-9/h1-8H,15H2,(H,16,17). The lowest BCUT2D eigenvalue weighted by Crippen LogP contribution is -2.04. The van der Waals surface area contributed by atoms with Gasteiger partial charge in [0, 0.05) is 28.9 Å². The Hall–Kier alpha value is -2.36. The maximum atomic E-state index is 12.4. The van der Waals surface area contributed by atoms with E-state index in [2.05, 4.69) is 9.97 Å². The van der Waals surface area contributed by atoms with Gasteiger partial charge in [0.2, 0.25) is 0 Å². The predicted octanol–water partition coefficient (Wildman–Crippen LogP) is 1.05. The summed E-state index contributed by atoms with van der Waals surface area (Å²) in [6.07, 6.45) is 3.52. The van der Waals surface area contributed by atoms with E-state index >= 15 is 0 Å². The molecule has 0 fully saturated rings. The number of nitrogens with zero attached hydrogens (tertiary/aromatic N) is 1. The molecule has 86 valence electrons. The molecule has 0 amide bonds. The molecule has 0 atom stereocenters. The van der Waals surface area contributed by atoms with E-state index in [1.54, 1.807) is 12.4 Å². The number of hydrogen-bond donors (Lipinski definition) is 1. The van der Waals surface area contributed by atoms with Crippen LogP contribution in [0.15, 0.2) is 48.8 Å². The number of fused-ring (bicyclic) bond motifs is 1. The summed E-state index contributed by atoms with van der Waals surface area (Å²) in [5, 5.41) is 0.879. The van der Waals surface area contributed by atoms with Crippen LogP contribution in [0.25, 0.3) is 11.0 Å². The van der Waals surface area contributed by atoms with E-state index < -0.39 is 0 Å². The number of aromatic nitrogens is 2. The van der Waals surface area contributed by atoms with Gasteiger partial charge in [-0.2, -0.15) is 0 Å². The molecule has 0 aliphatic heterocycles. The SMILES string of the molecule is Bc1cnc2[nH]cc(C(=O)c3ccccc3)c2c1. The van der Waals surface area contributed by atoms with Gasteiger partial charge < -0.3 is 4.98 Å². The Morgan fingerprint density at radius 3 is 2.78 bits per heavy atom. The third kappa shape index (κ3) is 1.72. The zero-order valence-electron chi connectivity index (χ0n) is 9.97. The summed E-state index contributed by atoms with van der Waals surface area (Å²) in [5.74, 6) is 0.0225. The molecule has 18 heavy (non-hydrogen) atoms. The lowest BCUT2D eigenvalue weighted by molar-refractivity contribution is 0.104. The maximum Gasteiger partial charge on any atom is 0.195 e. The van der Waals surface area contributed by atoms with Gasteiger partial charge in [-0.3, -0.25) is 4.79 Å². The Kier molecular flexibility index (Phi) is 2.48. The second kappa shape index (κ2) is 4.15. The molecule has 0 saturated carbocycles. The number of carbonyl (C=O) groups is 1. The van der Waals surface area contributed by atoms with E-state index in [1.807, 2.05) is 44.2 Å². The predicted molar refractivity (Wildman–Crippen MR) is 74.1 cm³/mol. The van der Waals surface area contributed by atoms with Crippen molar-refractivity contribution in [2.24, 2.45) is 0 Å². The molecular formula is C14H11BN2O. The number of H-pyrrole nitrogens is 1. The van der Waals surface area contributed by atoms with Crippen LogP contribution in [0, 0.1) is 0 Å². The van der Waals surface area contributed by atoms with Crippen LogP contribution >= 0.6 is 0 Å². The highest BCUT2D eigenvalue weighted by Crippen LogP contribution is 2.18. The van der Waals surface area contributed by atoms with E-state index in [0.29, 0.717) is 11.1 Å². The van der Waals surface area contributed by atoms with Crippen molar-refractivity contribution >= 4 is 30.1 Å². The minimum absolute atomic E-state index is 0.0225. The van der Waals surface area contributed by atoms with Gasteiger partial charge in [0.1, 0.15) is 13.5 Å². The zero-order chi connectivity index (χ0) is 12.5. The summed E-state index contributed by atoms with van der Waals surface area (Å²) in [6.45, 7) is 0. The van der Waals surface area contributed by atoms with E-state index in [0.717, 1.165) is 16.5 Å². The Morgan fingerprint density at radius 2 is 2.00 bits per heavy atom. The van der Waals surface area contributed by atoms with Crippen LogP contribution < -0.4 is 5.46 Å². The van der Waals surface area contributed by atoms with Crippen molar-refractivity contribution in [1.82, 2.24) is 9.97 Å². The maximum absolute atomic E-state index is 12.4. The summed E-state index contributed by atoms with van der Waals surface area (Å²) in [4.78, 5) is 19.7. The Labute approximate surface area is 105 Å². The van der Waals surface area contributed by atoms with Gasteiger partial charge >= 0.3 is 0 Å². The average Bonchev–Trinajstić information content (AvgIpc) is 2.82.